The number of para-hydroxylation sites is 1. The first-order valence-electron chi connectivity index (χ1n) is 12.4. The molecule has 188 valence electrons. The Balaban J connectivity index is 1.40. The molecule has 1 unspecified atom stereocenters. The molecule has 0 saturated carbocycles. The van der Waals surface area contributed by atoms with E-state index >= 15 is 0 Å². The minimum absolute atomic E-state index is 0.0896. The van der Waals surface area contributed by atoms with Crippen molar-refractivity contribution in [2.75, 3.05) is 6.54 Å². The van der Waals surface area contributed by atoms with E-state index in [0.29, 0.717) is 34.1 Å². The van der Waals surface area contributed by atoms with Crippen LogP contribution in [-0.4, -0.2) is 38.1 Å². The lowest BCUT2D eigenvalue weighted by Crippen LogP contribution is -2.41. The van der Waals surface area contributed by atoms with Crippen LogP contribution in [-0.2, 0) is 17.6 Å². The van der Waals surface area contributed by atoms with Crippen molar-refractivity contribution in [2.24, 2.45) is 0 Å². The average Bonchev–Trinajstić information content (AvgIpc) is 3.44. The number of hydrogen-bond acceptors (Lipinski definition) is 6. The van der Waals surface area contributed by atoms with Gasteiger partial charge in [0.25, 0.3) is 11.5 Å². The summed E-state index contributed by atoms with van der Waals surface area (Å²) in [5, 5.41) is 1.21. The molecule has 2 aromatic carbocycles. The number of aryl methyl sites for hydroxylation is 2. The van der Waals surface area contributed by atoms with Gasteiger partial charge in [-0.15, -0.1) is 11.3 Å². The quantitative estimate of drug-likeness (QED) is 0.234. The zero-order valence-corrected chi connectivity index (χ0v) is 22.4. The predicted octanol–water partition coefficient (Wildman–Crippen LogP) is 5.90. The molecule has 2 amide bonds. The van der Waals surface area contributed by atoms with Crippen LogP contribution in [0, 0.1) is 0 Å². The molecular formula is C28H24ClN3O3S2. The van der Waals surface area contributed by atoms with Gasteiger partial charge in [-0.2, -0.15) is 0 Å². The fourth-order valence-corrected chi connectivity index (χ4v) is 7.74. The smallest absolute Gasteiger partial charge is 0.267 e. The van der Waals surface area contributed by atoms with E-state index in [2.05, 4.69) is 0 Å². The van der Waals surface area contributed by atoms with Crippen molar-refractivity contribution in [3.05, 3.63) is 86.0 Å². The summed E-state index contributed by atoms with van der Waals surface area (Å²) >= 11 is 8.87. The number of halogens is 1. The number of nitrogens with zero attached hydrogens (tertiary/aromatic N) is 3. The van der Waals surface area contributed by atoms with Crippen molar-refractivity contribution in [2.45, 2.75) is 48.9 Å². The number of imide groups is 1. The molecule has 1 aliphatic carbocycles. The van der Waals surface area contributed by atoms with E-state index in [4.69, 9.17) is 16.6 Å². The van der Waals surface area contributed by atoms with Gasteiger partial charge in [0.05, 0.1) is 16.3 Å². The normalized spacial score (nSPS) is 17.7. The molecule has 37 heavy (non-hydrogen) atoms. The molecule has 3 heterocycles. The van der Waals surface area contributed by atoms with Gasteiger partial charge in [0.15, 0.2) is 5.16 Å². The molecule has 2 aliphatic rings. The zero-order valence-electron chi connectivity index (χ0n) is 20.0. The van der Waals surface area contributed by atoms with Crippen LogP contribution in [0.2, 0.25) is 5.02 Å². The Labute approximate surface area is 227 Å². The van der Waals surface area contributed by atoms with E-state index in [1.807, 2.05) is 30.3 Å². The molecule has 9 heteroatoms. The first kappa shape index (κ1) is 24.4. The lowest BCUT2D eigenvalue weighted by molar-refractivity contribution is -0.127. The van der Waals surface area contributed by atoms with Crippen molar-refractivity contribution in [1.29, 1.82) is 0 Å². The van der Waals surface area contributed by atoms with Crippen LogP contribution in [0.1, 0.15) is 46.5 Å². The van der Waals surface area contributed by atoms with Gasteiger partial charge < -0.3 is 0 Å². The topological polar surface area (TPSA) is 72.3 Å². The lowest BCUT2D eigenvalue weighted by atomic mass is 10.2. The van der Waals surface area contributed by atoms with Gasteiger partial charge in [-0.05, 0) is 74.1 Å². The predicted molar refractivity (Wildman–Crippen MR) is 148 cm³/mol. The fraction of sp³-hybridized carbons (Fsp3) is 0.286. The molecular weight excluding hydrogens is 526 g/mol. The van der Waals surface area contributed by atoms with Crippen molar-refractivity contribution in [1.82, 2.24) is 14.5 Å². The van der Waals surface area contributed by atoms with Crippen LogP contribution in [0.25, 0.3) is 15.9 Å². The molecule has 6 nitrogen and oxygen atoms in total. The Morgan fingerprint density at radius 2 is 1.78 bits per heavy atom. The summed E-state index contributed by atoms with van der Waals surface area (Å²) in [6.07, 6.45) is 5.09. The van der Waals surface area contributed by atoms with Gasteiger partial charge in [-0.25, -0.2) is 4.98 Å². The second-order valence-electron chi connectivity index (χ2n) is 9.31. The monoisotopic (exact) mass is 549 g/mol. The second-order valence-corrected chi connectivity index (χ2v) is 12.0. The number of thiophene rings is 1. The first-order chi connectivity index (χ1) is 18.0. The van der Waals surface area contributed by atoms with Gasteiger partial charge in [0.2, 0.25) is 5.91 Å². The van der Waals surface area contributed by atoms with E-state index in [1.54, 1.807) is 40.2 Å². The van der Waals surface area contributed by atoms with Crippen molar-refractivity contribution in [3.63, 3.8) is 0 Å². The maximum Gasteiger partial charge on any atom is 0.267 e. The summed E-state index contributed by atoms with van der Waals surface area (Å²) in [7, 11) is 0. The number of fused-ring (bicyclic) bond motifs is 3. The van der Waals surface area contributed by atoms with E-state index in [9.17, 15) is 14.4 Å². The number of benzene rings is 2. The third kappa shape index (κ3) is 4.51. The van der Waals surface area contributed by atoms with Crippen LogP contribution < -0.4 is 5.56 Å². The van der Waals surface area contributed by atoms with Gasteiger partial charge in [-0.3, -0.25) is 23.9 Å². The number of thioether (sulfide) groups is 1. The van der Waals surface area contributed by atoms with Gasteiger partial charge in [0, 0.05) is 22.0 Å². The zero-order chi connectivity index (χ0) is 25.5. The highest BCUT2D eigenvalue weighted by molar-refractivity contribution is 8.00. The molecule has 1 atom stereocenters. The molecule has 2 aromatic heterocycles. The molecule has 6 rings (SSSR count). The summed E-state index contributed by atoms with van der Waals surface area (Å²) in [6, 6.07) is 16.0. The maximum atomic E-state index is 13.9. The molecule has 0 radical (unpaired) electrons. The number of likely N-dealkylation sites (tertiary alicyclic amines) is 1. The number of hydrogen-bond donors (Lipinski definition) is 0. The summed E-state index contributed by atoms with van der Waals surface area (Å²) in [4.78, 5) is 49.1. The fourth-order valence-electron chi connectivity index (χ4n) is 5.10. The molecule has 4 aromatic rings. The molecule has 0 bridgehead atoms. The molecule has 1 saturated heterocycles. The van der Waals surface area contributed by atoms with E-state index < -0.39 is 5.25 Å². The minimum atomic E-state index is -0.523. The Bertz CT molecular complexity index is 1560. The first-order valence-corrected chi connectivity index (χ1v) is 14.5. The van der Waals surface area contributed by atoms with Gasteiger partial charge in [0.1, 0.15) is 4.83 Å². The summed E-state index contributed by atoms with van der Waals surface area (Å²) in [5.74, 6) is -0.571. The number of rotatable bonds is 4. The van der Waals surface area contributed by atoms with Crippen molar-refractivity contribution < 1.29 is 9.59 Å². The van der Waals surface area contributed by atoms with Crippen LogP contribution >= 0.6 is 34.7 Å². The van der Waals surface area contributed by atoms with E-state index in [0.717, 1.165) is 48.2 Å². The Kier molecular flexibility index (Phi) is 6.65. The molecule has 0 N–H and O–H groups in total. The highest BCUT2D eigenvalue weighted by Gasteiger charge is 2.34. The Morgan fingerprint density at radius 1 is 1.00 bits per heavy atom. The molecule has 1 aliphatic heterocycles. The van der Waals surface area contributed by atoms with Crippen molar-refractivity contribution >= 4 is 56.7 Å². The Hall–Kier alpha value is -2.94. The minimum Gasteiger partial charge on any atom is -0.278 e. The highest BCUT2D eigenvalue weighted by Crippen LogP contribution is 2.37. The molecule has 0 spiro atoms. The van der Waals surface area contributed by atoms with Crippen molar-refractivity contribution in [3.8, 4) is 5.69 Å². The van der Waals surface area contributed by atoms with Gasteiger partial charge >= 0.3 is 0 Å². The third-order valence-electron chi connectivity index (χ3n) is 6.95. The van der Waals surface area contributed by atoms with Crippen LogP contribution in [0.5, 0.6) is 0 Å². The SMILES string of the molecule is O=C(c1ccc(Cl)cc1)N1CCCCC(Sc2nc3sc4c(c3c(=O)n2-c2ccccc2)CCC4)C1=O. The summed E-state index contributed by atoms with van der Waals surface area (Å²) in [5.41, 5.74) is 2.19. The van der Waals surface area contributed by atoms with Crippen LogP contribution in [0.15, 0.2) is 64.5 Å². The van der Waals surface area contributed by atoms with Gasteiger partial charge in [-0.1, -0.05) is 48.0 Å². The maximum absolute atomic E-state index is 13.9. The lowest BCUT2D eigenvalue weighted by Gasteiger charge is -2.23. The highest BCUT2D eigenvalue weighted by atomic mass is 35.5. The summed E-state index contributed by atoms with van der Waals surface area (Å²) in [6.45, 7) is 0.368. The number of carbonyl (C=O) groups excluding carboxylic acids is 2. The second kappa shape index (κ2) is 10.1. The number of carbonyl (C=O) groups is 2. The largest absolute Gasteiger partial charge is 0.278 e. The third-order valence-corrected chi connectivity index (χ3v) is 9.59. The van der Waals surface area contributed by atoms with Crippen LogP contribution in [0.4, 0.5) is 0 Å². The average molecular weight is 550 g/mol. The molecule has 1 fully saturated rings. The standard InChI is InChI=1S/C28H24ClN3O3S2/c29-18-14-12-17(13-15-18)25(33)31-16-5-4-10-22(26(31)34)37-28-30-24-23(20-9-6-11-21(20)36-24)27(35)32(28)19-7-2-1-3-8-19/h1-3,7-8,12-15,22H,4-6,9-11,16H2. The van der Waals surface area contributed by atoms with E-state index in [1.165, 1.54) is 21.5 Å². The Morgan fingerprint density at radius 3 is 2.57 bits per heavy atom. The number of aromatic nitrogens is 2. The summed E-state index contributed by atoms with van der Waals surface area (Å²) < 4.78 is 1.64. The number of amides is 2. The van der Waals surface area contributed by atoms with Crippen LogP contribution in [0.3, 0.4) is 0 Å². The van der Waals surface area contributed by atoms with E-state index in [-0.39, 0.29) is 17.4 Å².